The Kier molecular flexibility index (Phi) is 3.74. The second-order valence-corrected chi connectivity index (χ2v) is 5.99. The number of amidine groups is 1. The predicted octanol–water partition coefficient (Wildman–Crippen LogP) is 2.97. The monoisotopic (exact) mass is 283 g/mol. The summed E-state index contributed by atoms with van der Waals surface area (Å²) in [5.74, 6) is 0.900. The summed E-state index contributed by atoms with van der Waals surface area (Å²) in [6, 6.07) is 14.6. The number of nitrogens with zero attached hydrogens (tertiary/aromatic N) is 2. The second kappa shape index (κ2) is 5.67. The van der Waals surface area contributed by atoms with E-state index in [1.54, 1.807) is 18.0 Å². The molecule has 4 heteroatoms. The Labute approximate surface area is 123 Å². The number of aromatic nitrogens is 1. The fourth-order valence-corrected chi connectivity index (χ4v) is 3.52. The number of hydrogen-bond donors (Lipinski definition) is 1. The van der Waals surface area contributed by atoms with Gasteiger partial charge >= 0.3 is 0 Å². The van der Waals surface area contributed by atoms with Crippen LogP contribution in [0.5, 0.6) is 0 Å². The van der Waals surface area contributed by atoms with Crippen LogP contribution in [0.3, 0.4) is 0 Å². The molecule has 20 heavy (non-hydrogen) atoms. The van der Waals surface area contributed by atoms with Crippen molar-refractivity contribution in [3.05, 3.63) is 66.0 Å². The number of rotatable bonds is 4. The van der Waals surface area contributed by atoms with E-state index in [2.05, 4.69) is 35.3 Å². The molecule has 1 aromatic heterocycles. The van der Waals surface area contributed by atoms with E-state index in [4.69, 9.17) is 10.7 Å². The maximum Gasteiger partial charge on any atom is 0.154 e. The highest BCUT2D eigenvalue weighted by atomic mass is 32.2. The van der Waals surface area contributed by atoms with Gasteiger partial charge in [-0.15, -0.1) is 0 Å². The molecule has 0 spiro atoms. The van der Waals surface area contributed by atoms with Crippen LogP contribution in [0.4, 0.5) is 0 Å². The van der Waals surface area contributed by atoms with E-state index in [0.717, 1.165) is 24.2 Å². The van der Waals surface area contributed by atoms with Gasteiger partial charge in [0, 0.05) is 18.1 Å². The van der Waals surface area contributed by atoms with Crippen LogP contribution in [0.25, 0.3) is 0 Å². The lowest BCUT2D eigenvalue weighted by Gasteiger charge is -2.25. The zero-order chi connectivity index (χ0) is 13.8. The maximum absolute atomic E-state index is 5.91. The number of pyridine rings is 1. The highest BCUT2D eigenvalue weighted by Crippen LogP contribution is 2.39. The Balaban J connectivity index is 1.85. The van der Waals surface area contributed by atoms with Crippen molar-refractivity contribution in [2.24, 2.45) is 10.7 Å². The van der Waals surface area contributed by atoms with E-state index in [0.29, 0.717) is 5.17 Å². The van der Waals surface area contributed by atoms with Gasteiger partial charge in [-0.1, -0.05) is 48.2 Å². The first-order chi connectivity index (χ1) is 9.78. The third-order valence-corrected chi connectivity index (χ3v) is 4.66. The molecule has 3 nitrogen and oxygen atoms in total. The molecule has 0 saturated heterocycles. The fourth-order valence-electron chi connectivity index (χ4n) is 2.52. The van der Waals surface area contributed by atoms with Crippen LogP contribution in [0.1, 0.15) is 17.5 Å². The van der Waals surface area contributed by atoms with E-state index in [9.17, 15) is 0 Å². The number of hydrogen-bond acceptors (Lipinski definition) is 4. The molecule has 0 radical (unpaired) electrons. The van der Waals surface area contributed by atoms with E-state index in [-0.39, 0.29) is 5.54 Å². The van der Waals surface area contributed by atoms with E-state index < -0.39 is 0 Å². The molecule has 102 valence electrons. The summed E-state index contributed by atoms with van der Waals surface area (Å²) in [5, 5.41) is 0.682. The van der Waals surface area contributed by atoms with Gasteiger partial charge in [0.15, 0.2) is 5.17 Å². The van der Waals surface area contributed by atoms with Gasteiger partial charge in [-0.25, -0.2) is 0 Å². The van der Waals surface area contributed by atoms with E-state index in [1.807, 2.05) is 18.3 Å². The molecule has 1 aliphatic rings. The van der Waals surface area contributed by atoms with Crippen LogP contribution in [0.15, 0.2) is 59.9 Å². The largest absolute Gasteiger partial charge is 0.379 e. The van der Waals surface area contributed by atoms with Crippen LogP contribution in [0.2, 0.25) is 0 Å². The summed E-state index contributed by atoms with van der Waals surface area (Å²) in [4.78, 5) is 8.96. The minimum absolute atomic E-state index is 0.223. The molecule has 0 amide bonds. The summed E-state index contributed by atoms with van der Waals surface area (Å²) in [6.45, 7) is 0. The lowest BCUT2D eigenvalue weighted by Crippen LogP contribution is -2.25. The molecule has 0 bridgehead atoms. The Hall–Kier alpha value is -1.81. The van der Waals surface area contributed by atoms with Crippen LogP contribution in [-0.2, 0) is 12.0 Å². The van der Waals surface area contributed by atoms with E-state index >= 15 is 0 Å². The molecular formula is C16H17N3S. The fraction of sp³-hybridized carbons (Fsp3) is 0.250. The van der Waals surface area contributed by atoms with Crippen molar-refractivity contribution in [3.63, 3.8) is 0 Å². The smallest absolute Gasteiger partial charge is 0.154 e. The average molecular weight is 283 g/mol. The van der Waals surface area contributed by atoms with Crippen LogP contribution >= 0.6 is 11.8 Å². The molecule has 1 aliphatic heterocycles. The van der Waals surface area contributed by atoms with Gasteiger partial charge < -0.3 is 5.73 Å². The number of aryl methyl sites for hydroxylation is 1. The minimum Gasteiger partial charge on any atom is -0.379 e. The molecule has 0 fully saturated rings. The van der Waals surface area contributed by atoms with Crippen molar-refractivity contribution in [2.75, 3.05) is 5.75 Å². The Morgan fingerprint density at radius 2 is 2.00 bits per heavy atom. The lowest BCUT2D eigenvalue weighted by molar-refractivity contribution is 0.471. The summed E-state index contributed by atoms with van der Waals surface area (Å²) in [6.07, 6.45) is 5.65. The number of nitrogens with two attached hydrogens (primary N) is 1. The molecule has 3 rings (SSSR count). The number of thioether (sulfide) groups is 1. The second-order valence-electron chi connectivity index (χ2n) is 5.00. The molecule has 2 N–H and O–H groups in total. The summed E-state index contributed by atoms with van der Waals surface area (Å²) >= 11 is 1.63. The minimum atomic E-state index is -0.223. The van der Waals surface area contributed by atoms with Crippen molar-refractivity contribution in [2.45, 2.75) is 18.4 Å². The number of aliphatic imine (C=N–C) groups is 1. The Morgan fingerprint density at radius 1 is 1.15 bits per heavy atom. The van der Waals surface area contributed by atoms with Crippen molar-refractivity contribution >= 4 is 16.9 Å². The zero-order valence-electron chi connectivity index (χ0n) is 11.2. The van der Waals surface area contributed by atoms with E-state index in [1.165, 1.54) is 5.56 Å². The normalized spacial score (nSPS) is 21.7. The number of benzene rings is 1. The molecule has 0 saturated carbocycles. The summed E-state index contributed by atoms with van der Waals surface area (Å²) in [5.41, 5.74) is 8.18. The third kappa shape index (κ3) is 2.70. The van der Waals surface area contributed by atoms with Crippen LogP contribution in [0, 0.1) is 0 Å². The Bertz CT molecular complexity index is 598. The molecular weight excluding hydrogens is 266 g/mol. The molecule has 1 unspecified atom stereocenters. The molecule has 0 aliphatic carbocycles. The lowest BCUT2D eigenvalue weighted by atomic mass is 9.87. The van der Waals surface area contributed by atoms with Gasteiger partial charge in [0.1, 0.15) is 0 Å². The van der Waals surface area contributed by atoms with Gasteiger partial charge in [0.05, 0.1) is 5.54 Å². The van der Waals surface area contributed by atoms with Crippen molar-refractivity contribution < 1.29 is 0 Å². The SMILES string of the molecule is NC1=NC(CCc2ccccc2)(c2cccnc2)CS1. The van der Waals surface area contributed by atoms with Crippen molar-refractivity contribution in [1.82, 2.24) is 4.98 Å². The van der Waals surface area contributed by atoms with Gasteiger partial charge in [-0.2, -0.15) is 0 Å². The first kappa shape index (κ1) is 13.2. The standard InChI is InChI=1S/C16H17N3S/c17-15-19-16(12-20-15,14-7-4-10-18-11-14)9-8-13-5-2-1-3-6-13/h1-7,10-11H,8-9,12H2,(H2,17,19). The molecule has 1 aromatic carbocycles. The zero-order valence-corrected chi connectivity index (χ0v) is 12.0. The highest BCUT2D eigenvalue weighted by Gasteiger charge is 2.36. The van der Waals surface area contributed by atoms with Crippen LogP contribution in [-0.4, -0.2) is 15.9 Å². The predicted molar refractivity (Wildman–Crippen MR) is 84.8 cm³/mol. The van der Waals surface area contributed by atoms with Gasteiger partial charge in [0.25, 0.3) is 0 Å². The summed E-state index contributed by atoms with van der Waals surface area (Å²) < 4.78 is 0. The quantitative estimate of drug-likeness (QED) is 0.938. The molecule has 2 heterocycles. The Morgan fingerprint density at radius 3 is 2.65 bits per heavy atom. The van der Waals surface area contributed by atoms with Crippen LogP contribution < -0.4 is 5.73 Å². The highest BCUT2D eigenvalue weighted by molar-refractivity contribution is 8.14. The topological polar surface area (TPSA) is 51.3 Å². The third-order valence-electron chi connectivity index (χ3n) is 3.65. The van der Waals surface area contributed by atoms with Gasteiger partial charge in [-0.3, -0.25) is 9.98 Å². The molecule has 2 aromatic rings. The van der Waals surface area contributed by atoms with Crippen molar-refractivity contribution in [1.29, 1.82) is 0 Å². The first-order valence-corrected chi connectivity index (χ1v) is 7.70. The van der Waals surface area contributed by atoms with Crippen molar-refractivity contribution in [3.8, 4) is 0 Å². The first-order valence-electron chi connectivity index (χ1n) is 6.71. The molecule has 1 atom stereocenters. The average Bonchev–Trinajstić information content (AvgIpc) is 2.90. The van der Waals surface area contributed by atoms with Gasteiger partial charge in [0.2, 0.25) is 0 Å². The van der Waals surface area contributed by atoms with Gasteiger partial charge in [-0.05, 0) is 30.0 Å². The maximum atomic E-state index is 5.91. The summed E-state index contributed by atoms with van der Waals surface area (Å²) in [7, 11) is 0.